The Bertz CT molecular complexity index is 965. The molecule has 4 N–H and O–H groups in total. The van der Waals surface area contributed by atoms with Crippen LogP contribution in [0.25, 0.3) is 21.5 Å². The van der Waals surface area contributed by atoms with Crippen molar-refractivity contribution in [2.75, 3.05) is 11.5 Å². The second-order valence-corrected chi connectivity index (χ2v) is 6.45. The van der Waals surface area contributed by atoms with Gasteiger partial charge in [-0.3, -0.25) is 0 Å². The Morgan fingerprint density at radius 1 is 0.542 bits per heavy atom. The van der Waals surface area contributed by atoms with E-state index < -0.39 is 0 Å². The second-order valence-electron chi connectivity index (χ2n) is 6.45. The first-order chi connectivity index (χ1) is 11.6. The molecule has 0 unspecified atom stereocenters. The lowest BCUT2D eigenvalue weighted by Crippen LogP contribution is -1.96. The molecule has 0 amide bonds. The number of hydrogen-bond acceptors (Lipinski definition) is 2. The first-order valence-electron chi connectivity index (χ1n) is 8.18. The van der Waals surface area contributed by atoms with Gasteiger partial charge >= 0.3 is 0 Å². The molecule has 0 aliphatic rings. The van der Waals surface area contributed by atoms with E-state index in [-0.39, 0.29) is 0 Å². The molecule has 4 aromatic carbocycles. The summed E-state index contributed by atoms with van der Waals surface area (Å²) in [6.07, 6.45) is 0. The Morgan fingerprint density at radius 3 is 1.38 bits per heavy atom. The number of rotatable bonds is 2. The van der Waals surface area contributed by atoms with Crippen molar-refractivity contribution in [1.29, 1.82) is 0 Å². The fraction of sp³-hybridized carbons (Fsp3) is 0.0909. The number of anilines is 2. The maximum Gasteiger partial charge on any atom is 0.0320 e. The van der Waals surface area contributed by atoms with Crippen LogP contribution in [-0.4, -0.2) is 0 Å². The van der Waals surface area contributed by atoms with Crippen molar-refractivity contribution >= 4 is 32.9 Å². The standard InChI is InChI=1S/C22H20N2/c1-14(15-2-4-19-12-21(23)8-6-17(19)10-15)16-3-5-20-13-22(24)9-7-18(20)11-16/h2-14H,23-24H2,1H3. The van der Waals surface area contributed by atoms with E-state index in [1.165, 1.54) is 32.7 Å². The van der Waals surface area contributed by atoms with E-state index in [1.807, 2.05) is 24.3 Å². The van der Waals surface area contributed by atoms with Crippen molar-refractivity contribution in [1.82, 2.24) is 0 Å². The molecule has 0 saturated heterocycles. The highest BCUT2D eigenvalue weighted by Crippen LogP contribution is 2.30. The van der Waals surface area contributed by atoms with Crippen molar-refractivity contribution in [3.8, 4) is 0 Å². The van der Waals surface area contributed by atoms with E-state index in [2.05, 4.69) is 55.5 Å². The molecule has 0 aromatic heterocycles. The lowest BCUT2D eigenvalue weighted by Gasteiger charge is -2.15. The first kappa shape index (κ1) is 14.6. The largest absolute Gasteiger partial charge is 0.399 e. The molecular formula is C22H20N2. The molecule has 2 heteroatoms. The summed E-state index contributed by atoms with van der Waals surface area (Å²) in [4.78, 5) is 0. The monoisotopic (exact) mass is 312 g/mol. The van der Waals surface area contributed by atoms with Crippen molar-refractivity contribution < 1.29 is 0 Å². The van der Waals surface area contributed by atoms with Crippen LogP contribution in [-0.2, 0) is 0 Å². The summed E-state index contributed by atoms with van der Waals surface area (Å²) in [5, 5.41) is 4.81. The lowest BCUT2D eigenvalue weighted by atomic mass is 9.90. The predicted octanol–water partition coefficient (Wildman–Crippen LogP) is 5.31. The molecule has 0 spiro atoms. The number of nitrogen functional groups attached to an aromatic ring is 2. The molecule has 0 fully saturated rings. The molecule has 0 heterocycles. The predicted molar refractivity (Wildman–Crippen MR) is 104 cm³/mol. The molecule has 2 nitrogen and oxygen atoms in total. The maximum absolute atomic E-state index is 5.87. The van der Waals surface area contributed by atoms with Crippen molar-refractivity contribution in [2.45, 2.75) is 12.8 Å². The highest BCUT2D eigenvalue weighted by atomic mass is 14.5. The van der Waals surface area contributed by atoms with Gasteiger partial charge in [0.1, 0.15) is 0 Å². The zero-order valence-electron chi connectivity index (χ0n) is 13.7. The number of fused-ring (bicyclic) bond motifs is 2. The Kier molecular flexibility index (Phi) is 3.39. The summed E-state index contributed by atoms with van der Waals surface area (Å²) >= 11 is 0. The van der Waals surface area contributed by atoms with E-state index >= 15 is 0 Å². The fourth-order valence-corrected chi connectivity index (χ4v) is 3.30. The summed E-state index contributed by atoms with van der Waals surface area (Å²) in [5.41, 5.74) is 16.0. The van der Waals surface area contributed by atoms with E-state index in [9.17, 15) is 0 Å². The molecule has 0 aliphatic heterocycles. The molecule has 0 radical (unpaired) electrons. The van der Waals surface area contributed by atoms with Gasteiger partial charge in [-0.25, -0.2) is 0 Å². The Labute approximate surface area is 141 Å². The van der Waals surface area contributed by atoms with Gasteiger partial charge in [0.25, 0.3) is 0 Å². The van der Waals surface area contributed by atoms with Crippen LogP contribution in [0, 0.1) is 0 Å². The zero-order valence-corrected chi connectivity index (χ0v) is 13.7. The SMILES string of the molecule is CC(c1ccc2cc(N)ccc2c1)c1ccc2cc(N)ccc2c1. The van der Waals surface area contributed by atoms with Crippen LogP contribution >= 0.6 is 0 Å². The molecule has 0 atom stereocenters. The maximum atomic E-state index is 5.87. The van der Waals surface area contributed by atoms with Crippen molar-refractivity contribution in [3.05, 3.63) is 83.9 Å². The summed E-state index contributed by atoms with van der Waals surface area (Å²) in [6.45, 7) is 2.25. The van der Waals surface area contributed by atoms with Crippen LogP contribution in [0.4, 0.5) is 11.4 Å². The normalized spacial score (nSPS) is 11.4. The Hall–Kier alpha value is -3.00. The number of hydrogen-bond donors (Lipinski definition) is 2. The van der Waals surface area contributed by atoms with Crippen LogP contribution in [0.3, 0.4) is 0 Å². The van der Waals surface area contributed by atoms with Gasteiger partial charge in [-0.1, -0.05) is 55.5 Å². The van der Waals surface area contributed by atoms with E-state index in [0.717, 1.165) is 11.4 Å². The van der Waals surface area contributed by atoms with Gasteiger partial charge < -0.3 is 11.5 Å². The smallest absolute Gasteiger partial charge is 0.0320 e. The van der Waals surface area contributed by atoms with E-state index in [1.54, 1.807) is 0 Å². The van der Waals surface area contributed by atoms with Crippen LogP contribution in [0.15, 0.2) is 72.8 Å². The average molecular weight is 312 g/mol. The lowest BCUT2D eigenvalue weighted by molar-refractivity contribution is 0.927. The molecular weight excluding hydrogens is 292 g/mol. The van der Waals surface area contributed by atoms with Gasteiger partial charge in [0.2, 0.25) is 0 Å². The Morgan fingerprint density at radius 2 is 0.917 bits per heavy atom. The second kappa shape index (κ2) is 5.57. The van der Waals surface area contributed by atoms with Gasteiger partial charge in [0.05, 0.1) is 0 Å². The minimum absolute atomic E-state index is 0.328. The van der Waals surface area contributed by atoms with Crippen LogP contribution in [0.2, 0.25) is 0 Å². The van der Waals surface area contributed by atoms with Crippen LogP contribution < -0.4 is 11.5 Å². The van der Waals surface area contributed by atoms with E-state index in [0.29, 0.717) is 5.92 Å². The summed E-state index contributed by atoms with van der Waals surface area (Å²) < 4.78 is 0. The summed E-state index contributed by atoms with van der Waals surface area (Å²) in [6, 6.07) is 25.3. The van der Waals surface area contributed by atoms with Gasteiger partial charge in [0.15, 0.2) is 0 Å². The van der Waals surface area contributed by atoms with Crippen molar-refractivity contribution in [2.24, 2.45) is 0 Å². The van der Waals surface area contributed by atoms with Gasteiger partial charge in [-0.15, -0.1) is 0 Å². The van der Waals surface area contributed by atoms with Crippen molar-refractivity contribution in [3.63, 3.8) is 0 Å². The summed E-state index contributed by atoms with van der Waals surface area (Å²) in [7, 11) is 0. The minimum atomic E-state index is 0.328. The molecule has 24 heavy (non-hydrogen) atoms. The van der Waals surface area contributed by atoms with Crippen LogP contribution in [0.5, 0.6) is 0 Å². The summed E-state index contributed by atoms with van der Waals surface area (Å²) in [5.74, 6) is 0.328. The first-order valence-corrected chi connectivity index (χ1v) is 8.18. The molecule has 4 aromatic rings. The van der Waals surface area contributed by atoms with E-state index in [4.69, 9.17) is 11.5 Å². The van der Waals surface area contributed by atoms with Crippen LogP contribution in [0.1, 0.15) is 24.0 Å². The topological polar surface area (TPSA) is 52.0 Å². The molecule has 118 valence electrons. The number of nitrogens with two attached hydrogens (primary N) is 2. The molecule has 0 aliphatic carbocycles. The average Bonchev–Trinajstić information content (AvgIpc) is 2.60. The zero-order chi connectivity index (χ0) is 16.7. The quantitative estimate of drug-likeness (QED) is 0.493. The molecule has 0 bridgehead atoms. The van der Waals surface area contributed by atoms with Gasteiger partial charge in [-0.2, -0.15) is 0 Å². The highest BCUT2D eigenvalue weighted by Gasteiger charge is 2.10. The fourth-order valence-electron chi connectivity index (χ4n) is 3.30. The van der Waals surface area contributed by atoms with Gasteiger partial charge in [0, 0.05) is 17.3 Å². The highest BCUT2D eigenvalue weighted by molar-refractivity contribution is 5.87. The molecule has 4 rings (SSSR count). The Balaban J connectivity index is 1.76. The molecule has 0 saturated carbocycles. The minimum Gasteiger partial charge on any atom is -0.399 e. The number of benzene rings is 4. The third kappa shape index (κ3) is 2.56. The third-order valence-electron chi connectivity index (χ3n) is 4.78. The third-order valence-corrected chi connectivity index (χ3v) is 4.78. The van der Waals surface area contributed by atoms with Gasteiger partial charge in [-0.05, 0) is 56.9 Å².